The van der Waals surface area contributed by atoms with Crippen LogP contribution < -0.4 is 10.6 Å². The Morgan fingerprint density at radius 2 is 1.91 bits per heavy atom. The van der Waals surface area contributed by atoms with Gasteiger partial charge in [0.2, 0.25) is 5.91 Å². The Balaban J connectivity index is 1.35. The number of rotatable bonds is 6. The lowest BCUT2D eigenvalue weighted by atomic mass is 10.0. The summed E-state index contributed by atoms with van der Waals surface area (Å²) in [6, 6.07) is 23.5. The van der Waals surface area contributed by atoms with Gasteiger partial charge in [-0.25, -0.2) is 0 Å². The number of aromatic nitrogens is 1. The molecule has 1 fully saturated rings. The molecule has 0 radical (unpaired) electrons. The van der Waals surface area contributed by atoms with Gasteiger partial charge in [-0.05, 0) is 47.9 Å². The SMILES string of the molecule is O=C(CCN1C(=S)N[C@H](c2ccccn2)[C@@H]1c1ccc(Cl)s1)Nc1cccc2ccccc12. The Kier molecular flexibility index (Phi) is 6.26. The van der Waals surface area contributed by atoms with E-state index in [9.17, 15) is 4.79 Å². The van der Waals surface area contributed by atoms with Crippen molar-refractivity contribution in [1.29, 1.82) is 0 Å². The summed E-state index contributed by atoms with van der Waals surface area (Å²) in [5, 5.41) is 9.19. The van der Waals surface area contributed by atoms with Gasteiger partial charge in [-0.1, -0.05) is 54.1 Å². The fraction of sp³-hybridized carbons (Fsp3) is 0.160. The van der Waals surface area contributed by atoms with Gasteiger partial charge in [-0.2, -0.15) is 0 Å². The Labute approximate surface area is 206 Å². The van der Waals surface area contributed by atoms with Crippen LogP contribution in [0.25, 0.3) is 10.8 Å². The van der Waals surface area contributed by atoms with Gasteiger partial charge in [0, 0.05) is 35.1 Å². The maximum Gasteiger partial charge on any atom is 0.226 e. The Morgan fingerprint density at radius 3 is 2.70 bits per heavy atom. The van der Waals surface area contributed by atoms with Crippen molar-refractivity contribution in [3.63, 3.8) is 0 Å². The minimum Gasteiger partial charge on any atom is -0.352 e. The number of thiophene rings is 1. The van der Waals surface area contributed by atoms with Crippen LogP contribution in [-0.4, -0.2) is 27.4 Å². The highest BCUT2D eigenvalue weighted by molar-refractivity contribution is 7.80. The molecule has 3 heterocycles. The van der Waals surface area contributed by atoms with Crippen molar-refractivity contribution in [2.45, 2.75) is 18.5 Å². The number of amides is 1. The first kappa shape index (κ1) is 21.8. The highest BCUT2D eigenvalue weighted by atomic mass is 35.5. The van der Waals surface area contributed by atoms with Crippen molar-refractivity contribution >= 4 is 62.6 Å². The normalized spacial score (nSPS) is 17.8. The summed E-state index contributed by atoms with van der Waals surface area (Å²) in [5.41, 5.74) is 1.71. The van der Waals surface area contributed by atoms with E-state index >= 15 is 0 Å². The van der Waals surface area contributed by atoms with Crippen LogP contribution in [0.3, 0.4) is 0 Å². The second-order valence-corrected chi connectivity index (χ2v) is 9.92. The molecule has 0 saturated carbocycles. The second kappa shape index (κ2) is 9.47. The third kappa shape index (κ3) is 4.57. The zero-order chi connectivity index (χ0) is 22.8. The molecule has 5 rings (SSSR count). The zero-order valence-corrected chi connectivity index (χ0v) is 20.0. The first-order valence-corrected chi connectivity index (χ1v) is 12.2. The molecule has 0 bridgehead atoms. The molecule has 2 atom stereocenters. The summed E-state index contributed by atoms with van der Waals surface area (Å²) in [4.78, 5) is 20.6. The molecule has 166 valence electrons. The van der Waals surface area contributed by atoms with Crippen LogP contribution in [0.5, 0.6) is 0 Å². The number of thiocarbonyl (C=S) groups is 1. The molecule has 2 N–H and O–H groups in total. The third-order valence-corrected chi connectivity index (χ3v) is 7.38. The number of benzene rings is 2. The highest BCUT2D eigenvalue weighted by Crippen LogP contribution is 2.42. The van der Waals surface area contributed by atoms with Crippen LogP contribution in [-0.2, 0) is 4.79 Å². The summed E-state index contributed by atoms with van der Waals surface area (Å²) in [7, 11) is 0. The maximum atomic E-state index is 12.9. The fourth-order valence-corrected chi connectivity index (χ4v) is 5.76. The van der Waals surface area contributed by atoms with E-state index in [0.29, 0.717) is 18.1 Å². The van der Waals surface area contributed by atoms with Crippen molar-refractivity contribution < 1.29 is 4.79 Å². The van der Waals surface area contributed by atoms with Gasteiger partial charge in [-0.15, -0.1) is 11.3 Å². The van der Waals surface area contributed by atoms with Gasteiger partial charge >= 0.3 is 0 Å². The maximum absolute atomic E-state index is 12.9. The molecule has 8 heteroatoms. The van der Waals surface area contributed by atoms with Gasteiger partial charge in [0.1, 0.15) is 0 Å². The molecule has 1 amide bonds. The topological polar surface area (TPSA) is 57.3 Å². The molecule has 4 aromatic rings. The van der Waals surface area contributed by atoms with Crippen LogP contribution in [0.4, 0.5) is 5.69 Å². The summed E-state index contributed by atoms with van der Waals surface area (Å²) < 4.78 is 0.719. The van der Waals surface area contributed by atoms with E-state index < -0.39 is 0 Å². The zero-order valence-electron chi connectivity index (χ0n) is 17.6. The molecule has 2 aromatic heterocycles. The van der Waals surface area contributed by atoms with E-state index in [1.807, 2.05) is 72.8 Å². The standard InChI is InChI=1S/C25H21ClN4OS2/c26-21-12-11-20(33-21)24-23(19-9-3-4-14-27-19)29-25(32)30(24)15-13-22(31)28-18-10-5-7-16-6-1-2-8-17(16)18/h1-12,14,23-24H,13,15H2,(H,28,31)(H,29,32)/t23-,24+/m1/s1. The number of carbonyl (C=O) groups excluding carboxylic acids is 1. The highest BCUT2D eigenvalue weighted by Gasteiger charge is 2.40. The summed E-state index contributed by atoms with van der Waals surface area (Å²) in [5.74, 6) is -0.0570. The number of hydrogen-bond donors (Lipinski definition) is 2. The molecule has 1 aliphatic rings. The molecular formula is C25H21ClN4OS2. The minimum absolute atomic E-state index is 0.0570. The monoisotopic (exact) mass is 492 g/mol. The van der Waals surface area contributed by atoms with Crippen LogP contribution in [0.1, 0.15) is 29.1 Å². The van der Waals surface area contributed by atoms with Gasteiger partial charge in [0.05, 0.1) is 22.1 Å². The quantitative estimate of drug-likeness (QED) is 0.326. The number of halogens is 1. The number of pyridine rings is 1. The smallest absolute Gasteiger partial charge is 0.226 e. The van der Waals surface area contributed by atoms with Crippen LogP contribution in [0.15, 0.2) is 79.0 Å². The van der Waals surface area contributed by atoms with E-state index in [-0.39, 0.29) is 18.0 Å². The van der Waals surface area contributed by atoms with Crippen molar-refractivity contribution in [2.75, 3.05) is 11.9 Å². The Morgan fingerprint density at radius 1 is 1.09 bits per heavy atom. The predicted octanol–water partition coefficient (Wildman–Crippen LogP) is 5.95. The lowest BCUT2D eigenvalue weighted by Gasteiger charge is -2.26. The van der Waals surface area contributed by atoms with Crippen molar-refractivity contribution in [2.24, 2.45) is 0 Å². The van der Waals surface area contributed by atoms with E-state index in [1.54, 1.807) is 6.20 Å². The van der Waals surface area contributed by atoms with E-state index in [2.05, 4.69) is 20.5 Å². The van der Waals surface area contributed by atoms with Crippen LogP contribution >= 0.6 is 35.2 Å². The summed E-state index contributed by atoms with van der Waals surface area (Å²) in [6.07, 6.45) is 2.08. The third-order valence-electron chi connectivity index (χ3n) is 5.73. The first-order chi connectivity index (χ1) is 16.1. The molecular weight excluding hydrogens is 472 g/mol. The first-order valence-electron chi connectivity index (χ1n) is 10.6. The Hall–Kier alpha value is -3.00. The van der Waals surface area contributed by atoms with Gasteiger partial charge in [-0.3, -0.25) is 9.78 Å². The van der Waals surface area contributed by atoms with Gasteiger partial charge in [0.15, 0.2) is 5.11 Å². The fourth-order valence-electron chi connectivity index (χ4n) is 4.21. The van der Waals surface area contributed by atoms with Crippen molar-refractivity contribution in [3.8, 4) is 0 Å². The van der Waals surface area contributed by atoms with Gasteiger partial charge < -0.3 is 15.5 Å². The predicted molar refractivity (Wildman–Crippen MR) is 139 cm³/mol. The summed E-state index contributed by atoms with van der Waals surface area (Å²) >= 11 is 13.4. The Bertz CT molecular complexity index is 1300. The van der Waals surface area contributed by atoms with E-state index in [1.165, 1.54) is 11.3 Å². The number of carbonyl (C=O) groups is 1. The number of nitrogens with one attached hydrogen (secondary N) is 2. The lowest BCUT2D eigenvalue weighted by molar-refractivity contribution is -0.116. The molecule has 5 nitrogen and oxygen atoms in total. The van der Waals surface area contributed by atoms with Crippen molar-refractivity contribution in [3.05, 3.63) is 93.9 Å². The molecule has 0 unspecified atom stereocenters. The lowest BCUT2D eigenvalue weighted by Crippen LogP contribution is -2.32. The number of anilines is 1. The molecule has 1 saturated heterocycles. The molecule has 1 aliphatic heterocycles. The minimum atomic E-state index is -0.116. The van der Waals surface area contributed by atoms with Gasteiger partial charge in [0.25, 0.3) is 0 Å². The molecule has 2 aromatic carbocycles. The largest absolute Gasteiger partial charge is 0.352 e. The number of nitrogens with zero attached hydrogens (tertiary/aromatic N) is 2. The molecule has 33 heavy (non-hydrogen) atoms. The second-order valence-electron chi connectivity index (χ2n) is 7.79. The van der Waals surface area contributed by atoms with Crippen LogP contribution in [0.2, 0.25) is 4.34 Å². The molecule has 0 aliphatic carbocycles. The summed E-state index contributed by atoms with van der Waals surface area (Å²) in [6.45, 7) is 0.478. The number of hydrogen-bond acceptors (Lipinski definition) is 4. The van der Waals surface area contributed by atoms with Crippen molar-refractivity contribution in [1.82, 2.24) is 15.2 Å². The van der Waals surface area contributed by atoms with E-state index in [0.717, 1.165) is 31.4 Å². The molecule has 0 spiro atoms. The average Bonchev–Trinajstić information content (AvgIpc) is 3.41. The van der Waals surface area contributed by atoms with E-state index in [4.69, 9.17) is 23.8 Å². The number of fused-ring (bicyclic) bond motifs is 1. The van der Waals surface area contributed by atoms with Crippen LogP contribution in [0, 0.1) is 0 Å². The average molecular weight is 493 g/mol.